The van der Waals surface area contributed by atoms with E-state index >= 15 is 0 Å². The summed E-state index contributed by atoms with van der Waals surface area (Å²) in [5.41, 5.74) is 2.01. The third-order valence-corrected chi connectivity index (χ3v) is 6.55. The van der Waals surface area contributed by atoms with Crippen LogP contribution >= 0.6 is 0 Å². The number of benzene rings is 2. The molecule has 1 aliphatic carbocycles. The van der Waals surface area contributed by atoms with Crippen LogP contribution in [-0.4, -0.2) is 13.2 Å². The Morgan fingerprint density at radius 1 is 0.735 bits per heavy atom. The number of rotatable bonds is 7. The van der Waals surface area contributed by atoms with Crippen molar-refractivity contribution in [3.8, 4) is 0 Å². The van der Waals surface area contributed by atoms with Gasteiger partial charge < -0.3 is 9.47 Å². The number of hydrogen-bond acceptors (Lipinski definition) is 2. The fraction of sp³-hybridized carbons (Fsp3) is 0.429. The molecule has 2 aromatic rings. The lowest BCUT2D eigenvalue weighted by Gasteiger charge is -2.30. The van der Waals surface area contributed by atoms with Crippen LogP contribution < -0.4 is 0 Å². The number of hydrogen-bond donors (Lipinski definition) is 0. The lowest BCUT2D eigenvalue weighted by Crippen LogP contribution is -2.27. The minimum atomic E-state index is -0.980. The van der Waals surface area contributed by atoms with Crippen LogP contribution in [-0.2, 0) is 15.9 Å². The summed E-state index contributed by atoms with van der Waals surface area (Å²) in [5, 5.41) is 0. The van der Waals surface area contributed by atoms with Crippen LogP contribution in [0.4, 0.5) is 17.6 Å². The molecule has 1 saturated heterocycles. The molecule has 2 nitrogen and oxygen atoms in total. The van der Waals surface area contributed by atoms with E-state index in [1.807, 2.05) is 6.92 Å². The van der Waals surface area contributed by atoms with Crippen molar-refractivity contribution >= 4 is 11.1 Å². The van der Waals surface area contributed by atoms with Crippen molar-refractivity contribution in [2.75, 3.05) is 13.2 Å². The van der Waals surface area contributed by atoms with E-state index in [2.05, 4.69) is 6.92 Å². The summed E-state index contributed by atoms with van der Waals surface area (Å²) in [6, 6.07) is 6.24. The first-order valence-corrected chi connectivity index (χ1v) is 12.0. The second-order valence-electron chi connectivity index (χ2n) is 9.02. The van der Waals surface area contributed by atoms with Gasteiger partial charge in [-0.25, -0.2) is 17.6 Å². The summed E-state index contributed by atoms with van der Waals surface area (Å²) >= 11 is 0. The van der Waals surface area contributed by atoms with Gasteiger partial charge in [0.2, 0.25) is 0 Å². The van der Waals surface area contributed by atoms with E-state index in [0.717, 1.165) is 19.3 Å². The van der Waals surface area contributed by atoms with Crippen molar-refractivity contribution in [2.24, 2.45) is 5.92 Å². The van der Waals surface area contributed by atoms with E-state index in [4.69, 9.17) is 9.47 Å². The normalized spacial score (nSPS) is 20.8. The van der Waals surface area contributed by atoms with Gasteiger partial charge in [-0.15, -0.1) is 0 Å². The smallest absolute Gasteiger partial charge is 0.186 e. The van der Waals surface area contributed by atoms with Gasteiger partial charge in [0, 0.05) is 22.6 Å². The Balaban J connectivity index is 1.54. The molecule has 6 heteroatoms. The lowest BCUT2D eigenvalue weighted by molar-refractivity contribution is -0.207. The standard InChI is InChI=1S/C28H30F4O2/c1-3-5-17-15-33-28(34-16-17)23-14-13-22(26(31)27(23)32)19-9-7-18(8-10-19)21-12-11-20(6-4-2)24(29)25(21)30/h7,9,11-14,17,28H,3-6,8,10,15-16H2,1-2H3. The average Bonchev–Trinajstić information content (AvgIpc) is 2.85. The third kappa shape index (κ3) is 4.98. The van der Waals surface area contributed by atoms with Crippen LogP contribution in [0.25, 0.3) is 11.1 Å². The van der Waals surface area contributed by atoms with Gasteiger partial charge in [0.25, 0.3) is 0 Å². The second kappa shape index (κ2) is 10.9. The van der Waals surface area contributed by atoms with Gasteiger partial charge in [0.05, 0.1) is 13.2 Å². The van der Waals surface area contributed by atoms with Gasteiger partial charge in [0.15, 0.2) is 29.6 Å². The second-order valence-corrected chi connectivity index (χ2v) is 9.02. The molecule has 34 heavy (non-hydrogen) atoms. The van der Waals surface area contributed by atoms with Crippen molar-refractivity contribution in [3.05, 3.63) is 81.9 Å². The molecule has 0 aromatic heterocycles. The Morgan fingerprint density at radius 2 is 1.32 bits per heavy atom. The zero-order chi connectivity index (χ0) is 24.2. The molecule has 0 bridgehead atoms. The Hall–Kier alpha value is -2.44. The Morgan fingerprint density at radius 3 is 1.88 bits per heavy atom. The number of allylic oxidation sites excluding steroid dienone is 4. The quantitative estimate of drug-likeness (QED) is 0.380. The van der Waals surface area contributed by atoms with Crippen LogP contribution in [0.1, 0.15) is 74.5 Å². The molecule has 0 saturated carbocycles. The van der Waals surface area contributed by atoms with Crippen molar-refractivity contribution in [1.82, 2.24) is 0 Å². The SMILES string of the molecule is CCCc1ccc(C2=CC=C(c3ccc(C4OCC(CCC)CO4)c(F)c3F)CC2)c(F)c1F. The number of halogens is 4. The first-order chi connectivity index (χ1) is 16.4. The maximum atomic E-state index is 15.0. The van der Waals surface area contributed by atoms with Crippen LogP contribution in [0.15, 0.2) is 36.4 Å². The fourth-order valence-electron chi connectivity index (χ4n) is 4.68. The first kappa shape index (κ1) is 24.7. The molecule has 1 fully saturated rings. The molecular weight excluding hydrogens is 444 g/mol. The zero-order valence-corrected chi connectivity index (χ0v) is 19.6. The molecule has 182 valence electrons. The predicted octanol–water partition coefficient (Wildman–Crippen LogP) is 7.92. The van der Waals surface area contributed by atoms with Crippen LogP contribution in [0.5, 0.6) is 0 Å². The molecule has 2 aromatic carbocycles. The highest BCUT2D eigenvalue weighted by Gasteiger charge is 2.28. The van der Waals surface area contributed by atoms with Gasteiger partial charge in [-0.05, 0) is 42.4 Å². The van der Waals surface area contributed by atoms with Gasteiger partial charge in [-0.2, -0.15) is 0 Å². The summed E-state index contributed by atoms with van der Waals surface area (Å²) in [7, 11) is 0. The Labute approximate surface area is 198 Å². The monoisotopic (exact) mass is 474 g/mol. The van der Waals surface area contributed by atoms with Gasteiger partial charge >= 0.3 is 0 Å². The summed E-state index contributed by atoms with van der Waals surface area (Å²) in [6.07, 6.45) is 6.34. The summed E-state index contributed by atoms with van der Waals surface area (Å²) in [5.74, 6) is -3.34. The minimum Gasteiger partial charge on any atom is -0.348 e. The van der Waals surface area contributed by atoms with E-state index in [0.29, 0.717) is 49.2 Å². The number of ether oxygens (including phenoxy) is 2. The molecule has 0 atom stereocenters. The number of aryl methyl sites for hydroxylation is 1. The molecule has 0 radical (unpaired) electrons. The molecule has 0 unspecified atom stereocenters. The van der Waals surface area contributed by atoms with Gasteiger partial charge in [-0.1, -0.05) is 63.1 Å². The van der Waals surface area contributed by atoms with Crippen molar-refractivity contribution in [3.63, 3.8) is 0 Å². The van der Waals surface area contributed by atoms with E-state index in [1.165, 1.54) is 12.1 Å². The Bertz CT molecular complexity index is 1100. The lowest BCUT2D eigenvalue weighted by atomic mass is 9.88. The van der Waals surface area contributed by atoms with Gasteiger partial charge in [0.1, 0.15) is 0 Å². The van der Waals surface area contributed by atoms with Crippen molar-refractivity contribution in [1.29, 1.82) is 0 Å². The maximum absolute atomic E-state index is 15.0. The molecule has 4 rings (SSSR count). The van der Waals surface area contributed by atoms with E-state index in [-0.39, 0.29) is 22.6 Å². The van der Waals surface area contributed by atoms with Crippen molar-refractivity contribution in [2.45, 2.75) is 58.7 Å². The zero-order valence-electron chi connectivity index (χ0n) is 19.6. The molecule has 0 N–H and O–H groups in total. The molecule has 0 spiro atoms. The Kier molecular flexibility index (Phi) is 7.89. The van der Waals surface area contributed by atoms with Gasteiger partial charge in [-0.3, -0.25) is 0 Å². The average molecular weight is 475 g/mol. The largest absolute Gasteiger partial charge is 0.348 e. The van der Waals surface area contributed by atoms with Crippen molar-refractivity contribution < 1.29 is 27.0 Å². The van der Waals surface area contributed by atoms with E-state index in [9.17, 15) is 17.6 Å². The molecule has 1 heterocycles. The predicted molar refractivity (Wildman–Crippen MR) is 125 cm³/mol. The highest BCUT2D eigenvalue weighted by molar-refractivity contribution is 5.78. The first-order valence-electron chi connectivity index (χ1n) is 12.0. The molecule has 0 amide bonds. The van der Waals surface area contributed by atoms with Crippen LogP contribution in [0, 0.1) is 29.2 Å². The summed E-state index contributed by atoms with van der Waals surface area (Å²) in [4.78, 5) is 0. The minimum absolute atomic E-state index is 0.0496. The topological polar surface area (TPSA) is 18.5 Å². The third-order valence-electron chi connectivity index (χ3n) is 6.55. The van der Waals surface area contributed by atoms with E-state index < -0.39 is 29.6 Å². The molecular formula is C28H30F4O2. The van der Waals surface area contributed by atoms with Crippen LogP contribution in [0.2, 0.25) is 0 Å². The molecule has 1 aliphatic heterocycles. The summed E-state index contributed by atoms with van der Waals surface area (Å²) in [6.45, 7) is 4.90. The highest BCUT2D eigenvalue weighted by Crippen LogP contribution is 2.37. The highest BCUT2D eigenvalue weighted by atomic mass is 19.2. The molecule has 2 aliphatic rings. The summed E-state index contributed by atoms with van der Waals surface area (Å²) < 4.78 is 70.2. The fourth-order valence-corrected chi connectivity index (χ4v) is 4.68. The van der Waals surface area contributed by atoms with Crippen LogP contribution in [0.3, 0.4) is 0 Å². The van der Waals surface area contributed by atoms with E-state index in [1.54, 1.807) is 24.3 Å². The maximum Gasteiger partial charge on any atom is 0.186 e.